The lowest BCUT2D eigenvalue weighted by Crippen LogP contribution is -2.31. The zero-order chi connectivity index (χ0) is 16.7. The lowest BCUT2D eigenvalue weighted by molar-refractivity contribution is 0.429. The molecule has 0 fully saturated rings. The Hall–Kier alpha value is -0.130. The molecule has 0 radical (unpaired) electrons. The van der Waals surface area contributed by atoms with Gasteiger partial charge >= 0.3 is 0 Å². The molecule has 0 saturated heterocycles. The second-order valence-electron chi connectivity index (χ2n) is 6.34. The molecule has 0 bridgehead atoms. The first-order chi connectivity index (χ1) is 10.5. The number of hydrogen-bond donors (Lipinski definition) is 2. The van der Waals surface area contributed by atoms with E-state index in [9.17, 15) is 8.42 Å². The van der Waals surface area contributed by atoms with Crippen LogP contribution in [0.2, 0.25) is 0 Å². The van der Waals surface area contributed by atoms with Crippen LogP contribution in [-0.2, 0) is 10.1 Å². The van der Waals surface area contributed by atoms with Gasteiger partial charge in [-0.1, -0.05) is 71.6 Å². The Labute approximate surface area is 138 Å². The van der Waals surface area contributed by atoms with Crippen LogP contribution in [0.4, 0.5) is 0 Å². The molecule has 5 heteroatoms. The van der Waals surface area contributed by atoms with Gasteiger partial charge < -0.3 is 5.32 Å². The molecular formula is C17H37NO3S. The summed E-state index contributed by atoms with van der Waals surface area (Å²) in [6.45, 7) is 5.25. The number of nitrogens with one attached hydrogen (secondary N) is 1. The van der Waals surface area contributed by atoms with E-state index in [-0.39, 0.29) is 11.8 Å². The predicted molar refractivity (Wildman–Crippen MR) is 95.0 cm³/mol. The molecule has 0 amide bonds. The zero-order valence-electron chi connectivity index (χ0n) is 14.6. The maximum Gasteiger partial charge on any atom is 0.264 e. The first-order valence-electron chi connectivity index (χ1n) is 9.18. The summed E-state index contributed by atoms with van der Waals surface area (Å²) in [7, 11) is -3.83. The lowest BCUT2D eigenvalue weighted by Gasteiger charge is -2.17. The number of rotatable bonds is 16. The van der Waals surface area contributed by atoms with Crippen molar-refractivity contribution >= 4 is 10.1 Å². The molecule has 2 N–H and O–H groups in total. The topological polar surface area (TPSA) is 66.4 Å². The fraction of sp³-hybridized carbons (Fsp3) is 1.00. The highest BCUT2D eigenvalue weighted by Crippen LogP contribution is 2.12. The minimum absolute atomic E-state index is 0.133. The quantitative estimate of drug-likeness (QED) is 0.321. The lowest BCUT2D eigenvalue weighted by atomic mass is 10.0. The summed E-state index contributed by atoms with van der Waals surface area (Å²) < 4.78 is 30.6. The molecule has 0 saturated carbocycles. The summed E-state index contributed by atoms with van der Waals surface area (Å²) in [5.41, 5.74) is 0. The number of hydrogen-bond acceptors (Lipinski definition) is 3. The van der Waals surface area contributed by atoms with E-state index in [0.717, 1.165) is 25.8 Å². The third-order valence-electron chi connectivity index (χ3n) is 4.06. The van der Waals surface area contributed by atoms with Crippen LogP contribution in [0, 0.1) is 0 Å². The molecule has 0 aliphatic rings. The molecule has 22 heavy (non-hydrogen) atoms. The van der Waals surface area contributed by atoms with E-state index >= 15 is 0 Å². The Balaban J connectivity index is 3.65. The van der Waals surface area contributed by atoms with Crippen LogP contribution < -0.4 is 5.32 Å². The van der Waals surface area contributed by atoms with Crippen LogP contribution in [0.3, 0.4) is 0 Å². The first-order valence-corrected chi connectivity index (χ1v) is 10.8. The van der Waals surface area contributed by atoms with Crippen LogP contribution in [0.5, 0.6) is 0 Å². The zero-order valence-corrected chi connectivity index (χ0v) is 15.5. The number of unbranched alkanes of at least 4 members (excludes halogenated alkanes) is 8. The van der Waals surface area contributed by atoms with Crippen LogP contribution in [0.25, 0.3) is 0 Å². The van der Waals surface area contributed by atoms with E-state index < -0.39 is 10.1 Å². The van der Waals surface area contributed by atoms with Crippen molar-refractivity contribution in [3.8, 4) is 0 Å². The van der Waals surface area contributed by atoms with E-state index in [4.69, 9.17) is 4.55 Å². The summed E-state index contributed by atoms with van der Waals surface area (Å²) >= 11 is 0. The van der Waals surface area contributed by atoms with Crippen molar-refractivity contribution in [2.75, 3.05) is 12.3 Å². The van der Waals surface area contributed by atoms with Crippen molar-refractivity contribution in [2.24, 2.45) is 0 Å². The van der Waals surface area contributed by atoms with Gasteiger partial charge in [0.2, 0.25) is 0 Å². The molecule has 4 nitrogen and oxygen atoms in total. The summed E-state index contributed by atoms with van der Waals surface area (Å²) in [5, 5.41) is 3.39. The molecule has 1 atom stereocenters. The third kappa shape index (κ3) is 16.2. The van der Waals surface area contributed by atoms with Gasteiger partial charge in [-0.3, -0.25) is 4.55 Å². The molecule has 0 aliphatic carbocycles. The molecular weight excluding hydrogens is 298 g/mol. The standard InChI is InChI=1S/C17H37NO3S/c1-3-5-6-7-8-9-10-11-12-13-17(18-15-4-2)14-16-22(19,20)21/h17-18H,3-16H2,1-2H3,(H,19,20,21). The Morgan fingerprint density at radius 3 is 1.86 bits per heavy atom. The average molecular weight is 336 g/mol. The molecule has 0 aliphatic heterocycles. The van der Waals surface area contributed by atoms with Crippen LogP contribution in [0.15, 0.2) is 0 Å². The molecule has 0 spiro atoms. The molecule has 0 rings (SSSR count). The smallest absolute Gasteiger partial charge is 0.264 e. The van der Waals surface area contributed by atoms with Gasteiger partial charge in [-0.2, -0.15) is 8.42 Å². The van der Waals surface area contributed by atoms with Gasteiger partial charge in [0.25, 0.3) is 10.1 Å². The highest BCUT2D eigenvalue weighted by molar-refractivity contribution is 7.85. The molecule has 0 aromatic carbocycles. The van der Waals surface area contributed by atoms with Crippen LogP contribution in [0.1, 0.15) is 90.9 Å². The minimum Gasteiger partial charge on any atom is -0.314 e. The van der Waals surface area contributed by atoms with Crippen molar-refractivity contribution in [2.45, 2.75) is 96.9 Å². The SMILES string of the molecule is CCCCCCCCCCCC(CCS(=O)(=O)O)NCCC. The van der Waals surface area contributed by atoms with Gasteiger partial charge in [-0.25, -0.2) is 0 Å². The van der Waals surface area contributed by atoms with Crippen molar-refractivity contribution < 1.29 is 13.0 Å². The maximum absolute atomic E-state index is 10.9. The molecule has 134 valence electrons. The second-order valence-corrected chi connectivity index (χ2v) is 7.91. The Morgan fingerprint density at radius 2 is 1.36 bits per heavy atom. The van der Waals surface area contributed by atoms with Gasteiger partial charge in [0.05, 0.1) is 5.75 Å². The minimum atomic E-state index is -3.83. The monoisotopic (exact) mass is 335 g/mol. The molecule has 0 aromatic heterocycles. The van der Waals surface area contributed by atoms with E-state index in [1.54, 1.807) is 0 Å². The van der Waals surface area contributed by atoms with E-state index in [2.05, 4.69) is 19.2 Å². The first kappa shape index (κ1) is 21.9. The van der Waals surface area contributed by atoms with Crippen molar-refractivity contribution in [3.05, 3.63) is 0 Å². The third-order valence-corrected chi connectivity index (χ3v) is 4.82. The Morgan fingerprint density at radius 1 is 0.818 bits per heavy atom. The van der Waals surface area contributed by atoms with E-state index in [1.807, 2.05) is 0 Å². The molecule has 1 unspecified atom stereocenters. The van der Waals surface area contributed by atoms with Crippen molar-refractivity contribution in [3.63, 3.8) is 0 Å². The fourth-order valence-electron chi connectivity index (χ4n) is 2.69. The van der Waals surface area contributed by atoms with Gasteiger partial charge in [0, 0.05) is 6.04 Å². The van der Waals surface area contributed by atoms with Crippen molar-refractivity contribution in [1.82, 2.24) is 5.32 Å². The summed E-state index contributed by atoms with van der Waals surface area (Å²) in [4.78, 5) is 0. The summed E-state index contributed by atoms with van der Waals surface area (Å²) in [5.74, 6) is -0.133. The van der Waals surface area contributed by atoms with Crippen LogP contribution in [-0.4, -0.2) is 31.3 Å². The predicted octanol–water partition coefficient (Wildman–Crippen LogP) is 4.55. The highest BCUT2D eigenvalue weighted by Gasteiger charge is 2.12. The van der Waals surface area contributed by atoms with Crippen LogP contribution >= 0.6 is 0 Å². The fourth-order valence-corrected chi connectivity index (χ4v) is 3.27. The molecule has 0 aromatic rings. The van der Waals surface area contributed by atoms with Gasteiger partial charge in [0.1, 0.15) is 0 Å². The summed E-state index contributed by atoms with van der Waals surface area (Å²) in [6.07, 6.45) is 14.3. The normalized spacial score (nSPS) is 13.4. The maximum atomic E-state index is 10.9. The van der Waals surface area contributed by atoms with E-state index in [1.165, 1.54) is 51.4 Å². The molecule has 0 heterocycles. The summed E-state index contributed by atoms with van der Waals surface area (Å²) in [6, 6.07) is 0.214. The van der Waals surface area contributed by atoms with Gasteiger partial charge in [0.15, 0.2) is 0 Å². The largest absolute Gasteiger partial charge is 0.314 e. The highest BCUT2D eigenvalue weighted by atomic mass is 32.2. The average Bonchev–Trinajstić information content (AvgIpc) is 2.46. The Bertz CT molecular complexity index is 331. The van der Waals surface area contributed by atoms with E-state index in [0.29, 0.717) is 6.42 Å². The second kappa shape index (κ2) is 14.5. The van der Waals surface area contributed by atoms with Gasteiger partial charge in [-0.05, 0) is 25.8 Å². The van der Waals surface area contributed by atoms with Crippen molar-refractivity contribution in [1.29, 1.82) is 0 Å². The van der Waals surface area contributed by atoms with Gasteiger partial charge in [-0.15, -0.1) is 0 Å². The Kier molecular flexibility index (Phi) is 14.4.